The molecule has 2 aromatic heterocycles. The number of nitrogens with zero attached hydrogens (tertiary/aromatic N) is 2. The Bertz CT molecular complexity index is 920. The number of carbonyl (C=O) groups excluding carboxylic acids is 2. The lowest BCUT2D eigenvalue weighted by molar-refractivity contribution is 0.0941. The van der Waals surface area contributed by atoms with Crippen molar-refractivity contribution in [2.45, 2.75) is 63.6 Å². The molecule has 3 rings (SSSR count). The van der Waals surface area contributed by atoms with E-state index in [4.69, 9.17) is 4.74 Å². The third-order valence-corrected chi connectivity index (χ3v) is 5.91. The van der Waals surface area contributed by atoms with Gasteiger partial charge in [0, 0.05) is 17.9 Å². The standard InChI is InChI=1S/C18H24N4O4S/c1-9-14(11(3)23)10(2)19-15(9)16(24)12(4)27-18-21-20-17(25)22(18)8-13-6-5-7-26-13/h12-13,19H,5-8H2,1-4H3,(H,20,25)/t12-,13-/m0/s1. The van der Waals surface area contributed by atoms with Gasteiger partial charge in [-0.2, -0.15) is 0 Å². The van der Waals surface area contributed by atoms with E-state index in [-0.39, 0.29) is 23.4 Å². The van der Waals surface area contributed by atoms with Crippen molar-refractivity contribution in [1.29, 1.82) is 0 Å². The topological polar surface area (TPSA) is 110 Å². The molecule has 2 atom stereocenters. The largest absolute Gasteiger partial charge is 0.376 e. The Hall–Kier alpha value is -2.13. The molecule has 1 fully saturated rings. The summed E-state index contributed by atoms with van der Waals surface area (Å²) in [5.74, 6) is -0.203. The smallest absolute Gasteiger partial charge is 0.344 e. The number of hydrogen-bond acceptors (Lipinski definition) is 6. The van der Waals surface area contributed by atoms with Gasteiger partial charge in [0.1, 0.15) is 0 Å². The van der Waals surface area contributed by atoms with Crippen molar-refractivity contribution >= 4 is 23.3 Å². The molecule has 0 spiro atoms. The van der Waals surface area contributed by atoms with E-state index in [2.05, 4.69) is 15.2 Å². The van der Waals surface area contributed by atoms with E-state index in [9.17, 15) is 14.4 Å². The lowest BCUT2D eigenvalue weighted by Gasteiger charge is -2.13. The predicted octanol–water partition coefficient (Wildman–Crippen LogP) is 2.26. The van der Waals surface area contributed by atoms with Crippen molar-refractivity contribution in [2.24, 2.45) is 0 Å². The maximum atomic E-state index is 12.9. The van der Waals surface area contributed by atoms with Gasteiger partial charge in [-0.05, 0) is 46.1 Å². The molecule has 0 saturated carbocycles. The van der Waals surface area contributed by atoms with E-state index >= 15 is 0 Å². The highest BCUT2D eigenvalue weighted by Gasteiger charge is 2.27. The Balaban J connectivity index is 1.79. The second-order valence-corrected chi connectivity index (χ2v) is 8.17. The Kier molecular flexibility index (Phi) is 5.71. The maximum Gasteiger partial charge on any atom is 0.344 e. The zero-order chi connectivity index (χ0) is 19.7. The molecule has 3 heterocycles. The molecule has 0 radical (unpaired) electrons. The number of aryl methyl sites for hydroxylation is 1. The van der Waals surface area contributed by atoms with Crippen LogP contribution in [0.15, 0.2) is 9.95 Å². The number of H-pyrrole nitrogens is 2. The minimum atomic E-state index is -0.472. The highest BCUT2D eigenvalue weighted by molar-refractivity contribution is 8.00. The van der Waals surface area contributed by atoms with Crippen molar-refractivity contribution in [3.63, 3.8) is 0 Å². The quantitative estimate of drug-likeness (QED) is 0.552. The fourth-order valence-corrected chi connectivity index (χ4v) is 4.41. The van der Waals surface area contributed by atoms with Crippen LogP contribution in [-0.2, 0) is 11.3 Å². The van der Waals surface area contributed by atoms with E-state index in [1.54, 1.807) is 20.8 Å². The first-order valence-electron chi connectivity index (χ1n) is 8.97. The van der Waals surface area contributed by atoms with Gasteiger partial charge in [0.25, 0.3) is 0 Å². The first-order chi connectivity index (χ1) is 12.8. The van der Waals surface area contributed by atoms with Crippen LogP contribution in [0.1, 0.15) is 58.8 Å². The van der Waals surface area contributed by atoms with Gasteiger partial charge >= 0.3 is 5.69 Å². The van der Waals surface area contributed by atoms with Crippen LogP contribution in [0.3, 0.4) is 0 Å². The lowest BCUT2D eigenvalue weighted by atomic mass is 10.0. The Morgan fingerprint density at radius 3 is 2.74 bits per heavy atom. The number of ketones is 2. The van der Waals surface area contributed by atoms with Crippen LogP contribution < -0.4 is 5.69 Å². The molecule has 146 valence electrons. The Morgan fingerprint density at radius 1 is 1.41 bits per heavy atom. The van der Waals surface area contributed by atoms with Gasteiger partial charge in [-0.3, -0.25) is 14.2 Å². The van der Waals surface area contributed by atoms with Crippen LogP contribution in [0, 0.1) is 13.8 Å². The van der Waals surface area contributed by atoms with Crippen molar-refractivity contribution < 1.29 is 14.3 Å². The lowest BCUT2D eigenvalue weighted by Crippen LogP contribution is -2.25. The van der Waals surface area contributed by atoms with Crippen LogP contribution in [0.2, 0.25) is 0 Å². The number of ether oxygens (including phenoxy) is 1. The molecule has 8 nitrogen and oxygen atoms in total. The number of rotatable bonds is 7. The second kappa shape index (κ2) is 7.85. The average Bonchev–Trinajstić information content (AvgIpc) is 3.30. The monoisotopic (exact) mass is 392 g/mol. The summed E-state index contributed by atoms with van der Waals surface area (Å²) in [5.41, 5.74) is 2.04. The highest BCUT2D eigenvalue weighted by Crippen LogP contribution is 2.27. The number of hydrogen-bond donors (Lipinski definition) is 2. The van der Waals surface area contributed by atoms with Crippen molar-refractivity contribution in [3.05, 3.63) is 33.0 Å². The molecule has 1 saturated heterocycles. The number of aromatic nitrogens is 4. The zero-order valence-electron chi connectivity index (χ0n) is 15.9. The molecule has 1 aliphatic heterocycles. The number of Topliss-reactive ketones (excluding diaryl/α,β-unsaturated/α-hetero) is 2. The van der Waals surface area contributed by atoms with E-state index in [1.807, 2.05) is 0 Å². The van der Waals surface area contributed by atoms with Crippen molar-refractivity contribution in [2.75, 3.05) is 6.61 Å². The first-order valence-corrected chi connectivity index (χ1v) is 9.85. The zero-order valence-corrected chi connectivity index (χ0v) is 16.7. The fraction of sp³-hybridized carbons (Fsp3) is 0.556. The third-order valence-electron chi connectivity index (χ3n) is 4.82. The first kappa shape index (κ1) is 19.6. The van der Waals surface area contributed by atoms with Gasteiger partial charge in [0.05, 0.1) is 23.6 Å². The van der Waals surface area contributed by atoms with Gasteiger partial charge in [-0.1, -0.05) is 11.8 Å². The third kappa shape index (κ3) is 3.93. The van der Waals surface area contributed by atoms with Gasteiger partial charge in [-0.25, -0.2) is 9.89 Å². The Labute approximate surface area is 161 Å². The van der Waals surface area contributed by atoms with E-state index in [0.717, 1.165) is 12.8 Å². The van der Waals surface area contributed by atoms with E-state index in [0.29, 0.717) is 40.8 Å². The SMILES string of the molecule is CC(=O)c1c(C)[nH]c(C(=O)[C@H](C)Sc2n[nH]c(=O)n2C[C@@H]2CCCO2)c1C. The molecule has 2 N–H and O–H groups in total. The molecule has 0 bridgehead atoms. The predicted molar refractivity (Wildman–Crippen MR) is 102 cm³/mol. The maximum absolute atomic E-state index is 12.9. The number of aromatic amines is 2. The summed E-state index contributed by atoms with van der Waals surface area (Å²) in [5, 5.41) is 6.51. The van der Waals surface area contributed by atoms with Crippen LogP contribution in [0.25, 0.3) is 0 Å². The summed E-state index contributed by atoms with van der Waals surface area (Å²) < 4.78 is 7.12. The fourth-order valence-electron chi connectivity index (χ4n) is 3.49. The molecular formula is C18H24N4O4S. The van der Waals surface area contributed by atoms with Crippen LogP contribution >= 0.6 is 11.8 Å². The summed E-state index contributed by atoms with van der Waals surface area (Å²) in [7, 11) is 0. The van der Waals surface area contributed by atoms with Gasteiger partial charge in [0.2, 0.25) is 0 Å². The number of carbonyl (C=O) groups is 2. The number of thioether (sulfide) groups is 1. The normalized spacial score (nSPS) is 18.0. The Morgan fingerprint density at radius 2 is 2.15 bits per heavy atom. The summed E-state index contributed by atoms with van der Waals surface area (Å²) in [6, 6.07) is 0. The van der Waals surface area contributed by atoms with E-state index < -0.39 is 5.25 Å². The van der Waals surface area contributed by atoms with Crippen LogP contribution in [0.4, 0.5) is 0 Å². The summed E-state index contributed by atoms with van der Waals surface area (Å²) in [6.45, 7) is 7.94. The minimum Gasteiger partial charge on any atom is -0.376 e. The molecule has 2 aromatic rings. The highest BCUT2D eigenvalue weighted by atomic mass is 32.2. The minimum absolute atomic E-state index is 0.00270. The number of nitrogens with one attached hydrogen (secondary N) is 2. The van der Waals surface area contributed by atoms with Crippen LogP contribution in [0.5, 0.6) is 0 Å². The molecule has 1 aliphatic rings. The molecular weight excluding hydrogens is 368 g/mol. The van der Waals surface area contributed by atoms with Crippen molar-refractivity contribution in [3.8, 4) is 0 Å². The van der Waals surface area contributed by atoms with Gasteiger partial charge in [-0.15, -0.1) is 5.10 Å². The average molecular weight is 392 g/mol. The van der Waals surface area contributed by atoms with Crippen molar-refractivity contribution in [1.82, 2.24) is 19.7 Å². The van der Waals surface area contributed by atoms with Gasteiger partial charge in [0.15, 0.2) is 16.7 Å². The molecule has 0 amide bonds. The molecule has 0 unspecified atom stereocenters. The van der Waals surface area contributed by atoms with Crippen LogP contribution in [-0.4, -0.2) is 49.3 Å². The summed E-state index contributed by atoms with van der Waals surface area (Å²) >= 11 is 1.22. The molecule has 0 aliphatic carbocycles. The summed E-state index contributed by atoms with van der Waals surface area (Å²) in [4.78, 5) is 39.8. The summed E-state index contributed by atoms with van der Waals surface area (Å²) in [6.07, 6.45) is 1.89. The van der Waals surface area contributed by atoms with E-state index in [1.165, 1.54) is 23.3 Å². The molecule has 27 heavy (non-hydrogen) atoms. The molecule has 9 heteroatoms. The molecule has 0 aromatic carbocycles. The van der Waals surface area contributed by atoms with Gasteiger partial charge < -0.3 is 9.72 Å². The second-order valence-electron chi connectivity index (χ2n) is 6.86.